The van der Waals surface area contributed by atoms with Crippen LogP contribution in [-0.4, -0.2) is 45.9 Å². The highest BCUT2D eigenvalue weighted by Gasteiger charge is 2.31. The molecule has 0 N–H and O–H groups in total. The quantitative estimate of drug-likeness (QED) is 0.692. The molecule has 1 aromatic heterocycles. The largest absolute Gasteiger partial charge is 0.375 e. The maximum absolute atomic E-state index is 13.5. The van der Waals surface area contributed by atoms with Crippen LogP contribution in [0.15, 0.2) is 60.8 Å². The minimum Gasteiger partial charge on any atom is -0.375 e. The van der Waals surface area contributed by atoms with Gasteiger partial charge in [-0.25, -0.2) is 4.68 Å². The zero-order chi connectivity index (χ0) is 19.7. The Labute approximate surface area is 165 Å². The van der Waals surface area contributed by atoms with E-state index in [4.69, 9.17) is 9.84 Å². The summed E-state index contributed by atoms with van der Waals surface area (Å²) in [6, 6.07) is 18.0. The van der Waals surface area contributed by atoms with Crippen molar-refractivity contribution in [3.8, 4) is 16.9 Å². The van der Waals surface area contributed by atoms with Gasteiger partial charge >= 0.3 is 0 Å². The van der Waals surface area contributed by atoms with Gasteiger partial charge in [-0.05, 0) is 38.5 Å². The van der Waals surface area contributed by atoms with Crippen LogP contribution in [0.5, 0.6) is 0 Å². The van der Waals surface area contributed by atoms with Gasteiger partial charge in [-0.15, -0.1) is 0 Å². The second-order valence-electron chi connectivity index (χ2n) is 7.44. The molecule has 28 heavy (non-hydrogen) atoms. The maximum Gasteiger partial charge on any atom is 0.258 e. The normalized spacial score (nSPS) is 19.6. The van der Waals surface area contributed by atoms with Crippen molar-refractivity contribution in [1.29, 1.82) is 0 Å². The van der Waals surface area contributed by atoms with Crippen molar-refractivity contribution in [1.82, 2.24) is 14.7 Å². The first-order chi connectivity index (χ1) is 13.5. The smallest absolute Gasteiger partial charge is 0.258 e. The number of hydrogen-bond donors (Lipinski definition) is 0. The first-order valence-electron chi connectivity index (χ1n) is 9.68. The van der Waals surface area contributed by atoms with Crippen LogP contribution in [0.3, 0.4) is 0 Å². The molecule has 0 bridgehead atoms. The van der Waals surface area contributed by atoms with Crippen LogP contribution in [0, 0.1) is 6.92 Å². The number of aryl methyl sites for hydroxylation is 1. The minimum absolute atomic E-state index is 0.00286. The van der Waals surface area contributed by atoms with Crippen molar-refractivity contribution in [2.45, 2.75) is 32.9 Å². The lowest BCUT2D eigenvalue weighted by Gasteiger charge is -2.36. The van der Waals surface area contributed by atoms with Gasteiger partial charge in [-0.1, -0.05) is 42.5 Å². The summed E-state index contributed by atoms with van der Waals surface area (Å²) in [6.07, 6.45) is 1.89. The van der Waals surface area contributed by atoms with E-state index < -0.39 is 0 Å². The monoisotopic (exact) mass is 375 g/mol. The average Bonchev–Trinajstić information content (AvgIpc) is 3.15. The number of ether oxygens (including phenoxy) is 1. The topological polar surface area (TPSA) is 47.4 Å². The van der Waals surface area contributed by atoms with Crippen LogP contribution >= 0.6 is 0 Å². The number of nitrogens with zero attached hydrogens (tertiary/aromatic N) is 3. The number of para-hydroxylation sites is 1. The molecule has 1 aliphatic heterocycles. The van der Waals surface area contributed by atoms with Crippen molar-refractivity contribution >= 4 is 5.91 Å². The highest BCUT2D eigenvalue weighted by molar-refractivity contribution is 6.00. The molecule has 2 aromatic carbocycles. The summed E-state index contributed by atoms with van der Waals surface area (Å²) in [4.78, 5) is 15.4. The molecule has 5 nitrogen and oxygen atoms in total. The Hall–Kier alpha value is -2.92. The number of hydrogen-bond acceptors (Lipinski definition) is 3. The molecule has 2 unspecified atom stereocenters. The zero-order valence-corrected chi connectivity index (χ0v) is 16.5. The molecule has 0 radical (unpaired) electrons. The molecule has 1 amide bonds. The van der Waals surface area contributed by atoms with E-state index in [9.17, 15) is 4.79 Å². The highest BCUT2D eigenvalue weighted by Crippen LogP contribution is 2.28. The van der Waals surface area contributed by atoms with Gasteiger partial charge in [0.05, 0.1) is 30.0 Å². The summed E-state index contributed by atoms with van der Waals surface area (Å²) in [5, 5.41) is 4.81. The first kappa shape index (κ1) is 18.4. The third kappa shape index (κ3) is 3.45. The van der Waals surface area contributed by atoms with Gasteiger partial charge in [0, 0.05) is 18.3 Å². The Bertz CT molecular complexity index is 981. The summed E-state index contributed by atoms with van der Waals surface area (Å²) in [7, 11) is 0. The van der Waals surface area contributed by atoms with E-state index in [1.807, 2.05) is 86.5 Å². The molecule has 5 heteroatoms. The van der Waals surface area contributed by atoms with E-state index in [0.29, 0.717) is 18.7 Å². The predicted octanol–water partition coefficient (Wildman–Crippen LogP) is 4.10. The second-order valence-corrected chi connectivity index (χ2v) is 7.44. The summed E-state index contributed by atoms with van der Waals surface area (Å²) >= 11 is 0. The fourth-order valence-electron chi connectivity index (χ4n) is 3.62. The lowest BCUT2D eigenvalue weighted by atomic mass is 10.0. The van der Waals surface area contributed by atoms with Crippen molar-refractivity contribution in [3.63, 3.8) is 0 Å². The summed E-state index contributed by atoms with van der Waals surface area (Å²) < 4.78 is 7.50. The fraction of sp³-hybridized carbons (Fsp3) is 0.304. The molecular formula is C23H25N3O2. The molecule has 1 saturated heterocycles. The lowest BCUT2D eigenvalue weighted by molar-refractivity contribution is -0.0386. The number of carbonyl (C=O) groups excluding carboxylic acids is 1. The Morgan fingerprint density at radius 3 is 2.54 bits per heavy atom. The predicted molar refractivity (Wildman–Crippen MR) is 110 cm³/mol. The summed E-state index contributed by atoms with van der Waals surface area (Å²) in [5.41, 5.74) is 4.35. The molecule has 4 rings (SSSR count). The number of benzene rings is 2. The third-order valence-electron chi connectivity index (χ3n) is 5.23. The fourth-order valence-corrected chi connectivity index (χ4v) is 3.62. The molecule has 3 aromatic rings. The average molecular weight is 375 g/mol. The van der Waals surface area contributed by atoms with Gasteiger partial charge in [0.15, 0.2) is 0 Å². The molecule has 0 aliphatic carbocycles. The van der Waals surface area contributed by atoms with E-state index in [1.165, 1.54) is 0 Å². The summed E-state index contributed by atoms with van der Waals surface area (Å²) in [5.74, 6) is 0.00286. The number of carbonyl (C=O) groups is 1. The molecule has 0 saturated carbocycles. The molecule has 144 valence electrons. The third-order valence-corrected chi connectivity index (χ3v) is 5.23. The second kappa shape index (κ2) is 7.60. The van der Waals surface area contributed by atoms with Gasteiger partial charge in [-0.3, -0.25) is 4.79 Å². The van der Waals surface area contributed by atoms with Gasteiger partial charge in [-0.2, -0.15) is 5.10 Å². The van der Waals surface area contributed by atoms with Gasteiger partial charge in [0.1, 0.15) is 5.69 Å². The van der Waals surface area contributed by atoms with Crippen molar-refractivity contribution in [2.75, 3.05) is 13.2 Å². The molecular weight excluding hydrogens is 350 g/mol. The SMILES string of the molecule is Cc1ccccc1-c1nn(-c2ccccc2)cc1C(=O)N1CC(C)OCC1C. The van der Waals surface area contributed by atoms with E-state index in [-0.39, 0.29) is 18.1 Å². The van der Waals surface area contributed by atoms with Gasteiger partial charge < -0.3 is 9.64 Å². The van der Waals surface area contributed by atoms with Crippen molar-refractivity contribution in [2.24, 2.45) is 0 Å². The Morgan fingerprint density at radius 1 is 1.07 bits per heavy atom. The van der Waals surface area contributed by atoms with Crippen LogP contribution in [-0.2, 0) is 4.74 Å². The minimum atomic E-state index is 0.00286. The van der Waals surface area contributed by atoms with Gasteiger partial charge in [0.2, 0.25) is 0 Å². The Kier molecular flexibility index (Phi) is 5.01. The van der Waals surface area contributed by atoms with E-state index >= 15 is 0 Å². The van der Waals surface area contributed by atoms with Crippen LogP contribution in [0.2, 0.25) is 0 Å². The van der Waals surface area contributed by atoms with E-state index in [1.54, 1.807) is 4.68 Å². The molecule has 1 aliphatic rings. The number of amides is 1. The number of morpholine rings is 1. The Morgan fingerprint density at radius 2 is 1.79 bits per heavy atom. The standard InChI is InChI=1S/C23H25N3O2/c1-16-9-7-8-12-20(16)22-21(14-26(24-22)19-10-5-4-6-11-19)23(27)25-13-18(3)28-15-17(25)2/h4-12,14,17-18H,13,15H2,1-3H3. The van der Waals surface area contributed by atoms with E-state index in [2.05, 4.69) is 0 Å². The molecule has 0 spiro atoms. The maximum atomic E-state index is 13.5. The summed E-state index contributed by atoms with van der Waals surface area (Å²) in [6.45, 7) is 7.22. The van der Waals surface area contributed by atoms with Gasteiger partial charge in [0.25, 0.3) is 5.91 Å². The molecule has 2 heterocycles. The highest BCUT2D eigenvalue weighted by atomic mass is 16.5. The van der Waals surface area contributed by atoms with E-state index in [0.717, 1.165) is 22.5 Å². The first-order valence-corrected chi connectivity index (χ1v) is 9.68. The van der Waals surface area contributed by atoms with Crippen molar-refractivity contribution < 1.29 is 9.53 Å². The number of rotatable bonds is 3. The molecule has 1 fully saturated rings. The van der Waals surface area contributed by atoms with Crippen molar-refractivity contribution in [3.05, 3.63) is 71.9 Å². The molecule has 2 atom stereocenters. The van der Waals surface area contributed by atoms with Crippen LogP contribution < -0.4 is 0 Å². The van der Waals surface area contributed by atoms with Crippen LogP contribution in [0.25, 0.3) is 16.9 Å². The van der Waals surface area contributed by atoms with Crippen LogP contribution in [0.4, 0.5) is 0 Å². The number of aromatic nitrogens is 2. The van der Waals surface area contributed by atoms with Crippen LogP contribution in [0.1, 0.15) is 29.8 Å². The Balaban J connectivity index is 1.82. The zero-order valence-electron chi connectivity index (χ0n) is 16.5. The lowest BCUT2D eigenvalue weighted by Crippen LogP contribution is -2.50.